The van der Waals surface area contributed by atoms with E-state index in [1.54, 1.807) is 0 Å². The number of hydrogen-bond acceptors (Lipinski definition) is 5. The van der Waals surface area contributed by atoms with E-state index >= 15 is 0 Å². The summed E-state index contributed by atoms with van der Waals surface area (Å²) in [5.74, 6) is -1.44. The molecule has 1 aromatic carbocycles. The number of nitrogens with one attached hydrogen (secondary N) is 1. The lowest BCUT2D eigenvalue weighted by Gasteiger charge is -2.21. The maximum Gasteiger partial charge on any atom is 0.573 e. The highest BCUT2D eigenvalue weighted by Gasteiger charge is 2.51. The molecule has 2 rings (SSSR count). The van der Waals surface area contributed by atoms with Gasteiger partial charge >= 0.3 is 17.9 Å². The van der Waals surface area contributed by atoms with Crippen LogP contribution in [0.3, 0.4) is 0 Å². The molecular weight excluding hydrogens is 357 g/mol. The first kappa shape index (κ1) is 19.5. The molecule has 0 amide bonds. The Morgan fingerprint density at radius 2 is 2.00 bits per heavy atom. The predicted molar refractivity (Wildman–Crippen MR) is 85.3 cm³/mol. The number of alkyl halides is 3. The van der Waals surface area contributed by atoms with Crippen LogP contribution in [0.2, 0.25) is 0 Å². The van der Waals surface area contributed by atoms with E-state index in [1.165, 1.54) is 26.1 Å². The van der Waals surface area contributed by atoms with Crippen LogP contribution >= 0.6 is 0 Å². The number of fused-ring (bicyclic) bond motifs is 1. The molecule has 0 saturated heterocycles. The molecule has 0 aliphatic carbocycles. The standard InChI is InChI=1S/C16H17F3N2O5/c1-3-15(21(23)24,14(22)25-4-2)8-10-9-20-13-6-5-11(7-12(10)13)26-16(17,18)19/h5-7,9,20H,3-4,8H2,1-2H3. The van der Waals surface area contributed by atoms with E-state index in [2.05, 4.69) is 9.72 Å². The highest BCUT2D eigenvalue weighted by atomic mass is 19.4. The summed E-state index contributed by atoms with van der Waals surface area (Å²) in [5.41, 5.74) is -1.24. The van der Waals surface area contributed by atoms with Crippen LogP contribution in [0.4, 0.5) is 13.2 Å². The number of nitro groups is 1. The van der Waals surface area contributed by atoms with E-state index in [0.717, 1.165) is 12.1 Å². The Labute approximate surface area is 146 Å². The quantitative estimate of drug-likeness (QED) is 0.454. The first-order valence-electron chi connectivity index (χ1n) is 7.80. The van der Waals surface area contributed by atoms with Crippen LogP contribution in [0.1, 0.15) is 25.8 Å². The number of aromatic nitrogens is 1. The van der Waals surface area contributed by atoms with Gasteiger partial charge in [0.05, 0.1) is 13.0 Å². The Bertz CT molecular complexity index is 818. The zero-order valence-corrected chi connectivity index (χ0v) is 14.1. The number of rotatable bonds is 7. The van der Waals surface area contributed by atoms with Gasteiger partial charge < -0.3 is 14.5 Å². The normalized spacial score (nSPS) is 14.0. The molecule has 7 nitrogen and oxygen atoms in total. The van der Waals surface area contributed by atoms with Crippen LogP contribution in [0.25, 0.3) is 10.9 Å². The van der Waals surface area contributed by atoms with Crippen molar-refractivity contribution in [1.82, 2.24) is 4.98 Å². The fourth-order valence-electron chi connectivity index (χ4n) is 2.69. The lowest BCUT2D eigenvalue weighted by atomic mass is 9.88. The summed E-state index contributed by atoms with van der Waals surface area (Å²) in [5, 5.41) is 11.9. The van der Waals surface area contributed by atoms with Crippen molar-refractivity contribution in [1.29, 1.82) is 0 Å². The van der Waals surface area contributed by atoms with Gasteiger partial charge in [-0.1, -0.05) is 6.92 Å². The molecule has 1 unspecified atom stereocenters. The molecule has 142 valence electrons. The van der Waals surface area contributed by atoms with Gasteiger partial charge in [0.2, 0.25) is 0 Å². The largest absolute Gasteiger partial charge is 0.573 e. The fraction of sp³-hybridized carbons (Fsp3) is 0.438. The van der Waals surface area contributed by atoms with Crippen molar-refractivity contribution in [2.45, 2.75) is 38.6 Å². The summed E-state index contributed by atoms with van der Waals surface area (Å²) >= 11 is 0. The Morgan fingerprint density at radius 3 is 2.54 bits per heavy atom. The van der Waals surface area contributed by atoms with Crippen molar-refractivity contribution in [3.8, 4) is 5.75 Å². The molecule has 0 aliphatic heterocycles. The molecule has 1 heterocycles. The van der Waals surface area contributed by atoms with E-state index in [9.17, 15) is 28.1 Å². The molecule has 10 heteroatoms. The van der Waals surface area contributed by atoms with Crippen LogP contribution in [-0.4, -0.2) is 34.4 Å². The summed E-state index contributed by atoms with van der Waals surface area (Å²) in [6, 6.07) is 3.62. The fourth-order valence-corrected chi connectivity index (χ4v) is 2.69. The Hall–Kier alpha value is -2.78. The molecule has 1 N–H and O–H groups in total. The first-order chi connectivity index (χ1) is 12.1. The lowest BCUT2D eigenvalue weighted by molar-refractivity contribution is -0.555. The molecule has 0 spiro atoms. The highest BCUT2D eigenvalue weighted by molar-refractivity contribution is 5.86. The number of aromatic amines is 1. The zero-order chi connectivity index (χ0) is 19.5. The van der Waals surface area contributed by atoms with Crippen LogP contribution in [-0.2, 0) is 16.0 Å². The lowest BCUT2D eigenvalue weighted by Crippen LogP contribution is -2.49. The minimum absolute atomic E-state index is 0.0219. The molecule has 0 saturated carbocycles. The summed E-state index contributed by atoms with van der Waals surface area (Å²) in [6.45, 7) is 2.99. The maximum absolute atomic E-state index is 12.4. The van der Waals surface area contributed by atoms with Crippen molar-refractivity contribution in [3.63, 3.8) is 0 Å². The smallest absolute Gasteiger partial charge is 0.461 e. The zero-order valence-electron chi connectivity index (χ0n) is 14.1. The number of carbonyl (C=O) groups excluding carboxylic acids is 1. The minimum atomic E-state index is -4.86. The molecule has 0 radical (unpaired) electrons. The van der Waals surface area contributed by atoms with Gasteiger partial charge in [-0.2, -0.15) is 0 Å². The third kappa shape index (κ3) is 3.89. The number of carbonyl (C=O) groups is 1. The van der Waals surface area contributed by atoms with E-state index < -0.39 is 28.5 Å². The van der Waals surface area contributed by atoms with Gasteiger partial charge in [-0.25, -0.2) is 4.79 Å². The minimum Gasteiger partial charge on any atom is -0.461 e. The van der Waals surface area contributed by atoms with Gasteiger partial charge in [0, 0.05) is 28.4 Å². The monoisotopic (exact) mass is 374 g/mol. The van der Waals surface area contributed by atoms with E-state index in [4.69, 9.17) is 4.74 Å². The molecule has 26 heavy (non-hydrogen) atoms. The SMILES string of the molecule is CCOC(=O)C(CC)(Cc1c[nH]c2ccc(OC(F)(F)F)cc12)[N+](=O)[O-]. The number of H-pyrrole nitrogens is 1. The Balaban J connectivity index is 2.46. The van der Waals surface area contributed by atoms with Crippen LogP contribution in [0, 0.1) is 10.1 Å². The van der Waals surface area contributed by atoms with Gasteiger partial charge in [-0.3, -0.25) is 10.1 Å². The van der Waals surface area contributed by atoms with Gasteiger partial charge in [0.25, 0.3) is 0 Å². The van der Waals surface area contributed by atoms with E-state index in [-0.39, 0.29) is 19.4 Å². The molecule has 0 bridgehead atoms. The molecule has 0 aliphatic rings. The average molecular weight is 374 g/mol. The van der Waals surface area contributed by atoms with Crippen molar-refractivity contribution in [2.75, 3.05) is 6.61 Å². The second kappa shape index (κ2) is 7.22. The number of ether oxygens (including phenoxy) is 2. The van der Waals surface area contributed by atoms with Crippen molar-refractivity contribution < 1.29 is 32.4 Å². The second-order valence-electron chi connectivity index (χ2n) is 5.61. The van der Waals surface area contributed by atoms with Gasteiger partial charge in [-0.05, 0) is 30.7 Å². The van der Waals surface area contributed by atoms with Crippen LogP contribution in [0.15, 0.2) is 24.4 Å². The molecular formula is C16H17F3N2O5. The topological polar surface area (TPSA) is 94.5 Å². The summed E-state index contributed by atoms with van der Waals surface area (Å²) in [4.78, 5) is 25.9. The van der Waals surface area contributed by atoms with Gasteiger partial charge in [0.15, 0.2) is 0 Å². The van der Waals surface area contributed by atoms with Gasteiger partial charge in [0.1, 0.15) is 5.75 Å². The first-order valence-corrected chi connectivity index (χ1v) is 7.80. The van der Waals surface area contributed by atoms with Gasteiger partial charge in [-0.15, -0.1) is 13.2 Å². The molecule has 2 aromatic rings. The summed E-state index contributed by atoms with van der Waals surface area (Å²) in [6.07, 6.45) is -3.90. The Morgan fingerprint density at radius 1 is 1.31 bits per heavy atom. The predicted octanol–water partition coefficient (Wildman–Crippen LogP) is 3.60. The van der Waals surface area contributed by atoms with Crippen molar-refractivity contribution in [3.05, 3.63) is 40.1 Å². The van der Waals surface area contributed by atoms with E-state index in [1.807, 2.05) is 0 Å². The number of hydrogen-bond donors (Lipinski definition) is 1. The maximum atomic E-state index is 12.4. The Kier molecular flexibility index (Phi) is 5.43. The second-order valence-corrected chi connectivity index (χ2v) is 5.61. The third-order valence-corrected chi connectivity index (χ3v) is 4.05. The van der Waals surface area contributed by atoms with Crippen LogP contribution < -0.4 is 4.74 Å². The van der Waals surface area contributed by atoms with Crippen LogP contribution in [0.5, 0.6) is 5.75 Å². The number of nitrogens with zero attached hydrogens (tertiary/aromatic N) is 1. The van der Waals surface area contributed by atoms with E-state index in [0.29, 0.717) is 16.5 Å². The summed E-state index contributed by atoms with van der Waals surface area (Å²) < 4.78 is 46.0. The average Bonchev–Trinajstić information content (AvgIpc) is 2.93. The van der Waals surface area contributed by atoms with Crippen molar-refractivity contribution in [2.24, 2.45) is 0 Å². The number of halogens is 3. The highest BCUT2D eigenvalue weighted by Crippen LogP contribution is 2.31. The summed E-state index contributed by atoms with van der Waals surface area (Å²) in [7, 11) is 0. The van der Waals surface area contributed by atoms with Crippen molar-refractivity contribution >= 4 is 16.9 Å². The number of benzene rings is 1. The molecule has 1 atom stereocenters. The molecule has 1 aromatic heterocycles. The third-order valence-electron chi connectivity index (χ3n) is 4.05. The number of esters is 1. The molecule has 0 fully saturated rings.